The Morgan fingerprint density at radius 1 is 1.15 bits per heavy atom. The molecule has 2 nitrogen and oxygen atoms in total. The molecule has 6 heteroatoms. The lowest BCUT2D eigenvalue weighted by atomic mass is 9.98. The highest BCUT2D eigenvalue weighted by Gasteiger charge is 2.33. The molecular formula is C14H12BrF3N2. The number of halogens is 4. The lowest BCUT2D eigenvalue weighted by molar-refractivity contribution is -0.138. The zero-order valence-corrected chi connectivity index (χ0v) is 11.9. The highest BCUT2D eigenvalue weighted by molar-refractivity contribution is 9.10. The molecule has 0 bridgehead atoms. The predicted octanol–water partition coefficient (Wildman–Crippen LogP) is 4.11. The van der Waals surface area contributed by atoms with E-state index in [1.165, 1.54) is 6.07 Å². The summed E-state index contributed by atoms with van der Waals surface area (Å²) in [6.07, 6.45) is -0.678. The largest absolute Gasteiger partial charge is 0.417 e. The summed E-state index contributed by atoms with van der Waals surface area (Å²) < 4.78 is 38.5. The van der Waals surface area contributed by atoms with E-state index in [9.17, 15) is 13.2 Å². The van der Waals surface area contributed by atoms with Gasteiger partial charge in [0.25, 0.3) is 0 Å². The number of alkyl halides is 3. The minimum absolute atomic E-state index is 0.0184. The number of aromatic nitrogens is 1. The van der Waals surface area contributed by atoms with Crippen molar-refractivity contribution in [3.63, 3.8) is 0 Å². The average Bonchev–Trinajstić information content (AvgIpc) is 2.39. The SMILES string of the molecule is NC(Cc1ccncc1)c1ccc(Br)c(C(F)(F)F)c1. The smallest absolute Gasteiger partial charge is 0.324 e. The molecule has 0 fully saturated rings. The molecule has 2 N–H and O–H groups in total. The Hall–Kier alpha value is -1.40. The summed E-state index contributed by atoms with van der Waals surface area (Å²) in [5, 5.41) is 0. The molecule has 2 aromatic rings. The van der Waals surface area contributed by atoms with Crippen molar-refractivity contribution < 1.29 is 13.2 Å². The van der Waals surface area contributed by atoms with Crippen LogP contribution in [0.25, 0.3) is 0 Å². The number of benzene rings is 1. The van der Waals surface area contributed by atoms with Crippen molar-refractivity contribution in [2.45, 2.75) is 18.6 Å². The molecule has 106 valence electrons. The summed E-state index contributed by atoms with van der Waals surface area (Å²) in [7, 11) is 0. The molecule has 1 aromatic carbocycles. The van der Waals surface area contributed by atoms with Gasteiger partial charge in [0, 0.05) is 22.9 Å². The minimum atomic E-state index is -4.40. The molecule has 0 aliphatic heterocycles. The number of nitrogens with two attached hydrogens (primary N) is 1. The summed E-state index contributed by atoms with van der Waals surface area (Å²) in [5.74, 6) is 0. The number of hydrogen-bond donors (Lipinski definition) is 1. The van der Waals surface area contributed by atoms with Crippen LogP contribution in [0.4, 0.5) is 13.2 Å². The van der Waals surface area contributed by atoms with E-state index in [0.29, 0.717) is 12.0 Å². The summed E-state index contributed by atoms with van der Waals surface area (Å²) in [5.41, 5.74) is 6.67. The summed E-state index contributed by atoms with van der Waals surface area (Å²) in [6.45, 7) is 0. The van der Waals surface area contributed by atoms with Crippen molar-refractivity contribution in [3.05, 3.63) is 63.9 Å². The van der Waals surface area contributed by atoms with Crippen LogP contribution in [0.15, 0.2) is 47.2 Å². The van der Waals surface area contributed by atoms with E-state index >= 15 is 0 Å². The Balaban J connectivity index is 2.25. The molecule has 0 aliphatic carbocycles. The topological polar surface area (TPSA) is 38.9 Å². The highest BCUT2D eigenvalue weighted by Crippen LogP contribution is 2.36. The van der Waals surface area contributed by atoms with Crippen molar-refractivity contribution in [1.82, 2.24) is 4.98 Å². The first-order chi connectivity index (χ1) is 9.38. The molecular weight excluding hydrogens is 333 g/mol. The van der Waals surface area contributed by atoms with Crippen LogP contribution in [0.2, 0.25) is 0 Å². The maximum Gasteiger partial charge on any atom is 0.417 e. The van der Waals surface area contributed by atoms with Gasteiger partial charge in [0.05, 0.1) is 5.56 Å². The van der Waals surface area contributed by atoms with E-state index in [-0.39, 0.29) is 4.47 Å². The third-order valence-electron chi connectivity index (χ3n) is 2.93. The third-order valence-corrected chi connectivity index (χ3v) is 3.62. The predicted molar refractivity (Wildman–Crippen MR) is 74.0 cm³/mol. The van der Waals surface area contributed by atoms with Gasteiger partial charge in [-0.1, -0.05) is 22.0 Å². The van der Waals surface area contributed by atoms with Gasteiger partial charge >= 0.3 is 6.18 Å². The fraction of sp³-hybridized carbons (Fsp3) is 0.214. The second-order valence-corrected chi connectivity index (χ2v) is 5.26. The van der Waals surface area contributed by atoms with Crippen molar-refractivity contribution >= 4 is 15.9 Å². The van der Waals surface area contributed by atoms with Crippen LogP contribution in [-0.4, -0.2) is 4.98 Å². The van der Waals surface area contributed by atoms with Crippen LogP contribution in [0, 0.1) is 0 Å². The van der Waals surface area contributed by atoms with Crippen LogP contribution >= 0.6 is 15.9 Å². The Labute approximate surface area is 123 Å². The Morgan fingerprint density at radius 3 is 2.40 bits per heavy atom. The molecule has 0 spiro atoms. The number of rotatable bonds is 3. The van der Waals surface area contributed by atoms with Crippen LogP contribution in [0.3, 0.4) is 0 Å². The third kappa shape index (κ3) is 3.58. The highest BCUT2D eigenvalue weighted by atomic mass is 79.9. The van der Waals surface area contributed by atoms with Gasteiger partial charge in [-0.05, 0) is 41.8 Å². The lowest BCUT2D eigenvalue weighted by Gasteiger charge is -2.16. The lowest BCUT2D eigenvalue weighted by Crippen LogP contribution is -2.15. The normalized spacial score (nSPS) is 13.2. The zero-order chi connectivity index (χ0) is 14.8. The molecule has 0 aliphatic rings. The van der Waals surface area contributed by atoms with Crippen molar-refractivity contribution in [2.24, 2.45) is 5.73 Å². The first-order valence-corrected chi connectivity index (χ1v) is 6.68. The molecule has 2 rings (SSSR count). The summed E-state index contributed by atoms with van der Waals surface area (Å²) >= 11 is 2.91. The van der Waals surface area contributed by atoms with Crippen molar-refractivity contribution in [1.29, 1.82) is 0 Å². The minimum Gasteiger partial charge on any atom is -0.324 e. The standard InChI is InChI=1S/C14H12BrF3N2/c15-12-2-1-10(8-11(12)14(16,17)18)13(19)7-9-3-5-20-6-4-9/h1-6,8,13H,7,19H2. The monoisotopic (exact) mass is 344 g/mol. The number of pyridine rings is 1. The van der Waals surface area contributed by atoms with Crippen LogP contribution in [0.5, 0.6) is 0 Å². The second-order valence-electron chi connectivity index (χ2n) is 4.40. The maximum atomic E-state index is 12.8. The van der Waals surface area contributed by atoms with Crippen LogP contribution in [0.1, 0.15) is 22.7 Å². The Morgan fingerprint density at radius 2 is 1.80 bits per heavy atom. The molecule has 0 amide bonds. The van der Waals surface area contributed by atoms with Gasteiger partial charge in [-0.15, -0.1) is 0 Å². The maximum absolute atomic E-state index is 12.8. The van der Waals surface area contributed by atoms with Crippen LogP contribution in [-0.2, 0) is 12.6 Å². The Kier molecular flexibility index (Phi) is 4.45. The van der Waals surface area contributed by atoms with Crippen molar-refractivity contribution in [2.75, 3.05) is 0 Å². The average molecular weight is 345 g/mol. The van der Waals surface area contributed by atoms with Gasteiger partial charge < -0.3 is 5.73 Å². The summed E-state index contributed by atoms with van der Waals surface area (Å²) in [6, 6.07) is 7.17. The van der Waals surface area contributed by atoms with Gasteiger partial charge in [-0.2, -0.15) is 13.2 Å². The van der Waals surface area contributed by atoms with Gasteiger partial charge in [0.1, 0.15) is 0 Å². The van der Waals surface area contributed by atoms with E-state index in [1.807, 2.05) is 0 Å². The molecule has 1 unspecified atom stereocenters. The summed E-state index contributed by atoms with van der Waals surface area (Å²) in [4.78, 5) is 3.89. The van der Waals surface area contributed by atoms with E-state index in [4.69, 9.17) is 5.73 Å². The molecule has 1 atom stereocenters. The van der Waals surface area contributed by atoms with E-state index in [0.717, 1.165) is 11.6 Å². The number of nitrogens with zero attached hydrogens (tertiary/aromatic N) is 1. The van der Waals surface area contributed by atoms with E-state index in [1.54, 1.807) is 30.6 Å². The number of hydrogen-bond acceptors (Lipinski definition) is 2. The molecule has 1 aromatic heterocycles. The quantitative estimate of drug-likeness (QED) is 0.910. The zero-order valence-electron chi connectivity index (χ0n) is 10.4. The van der Waals surface area contributed by atoms with Gasteiger partial charge in [0.2, 0.25) is 0 Å². The van der Waals surface area contributed by atoms with Crippen molar-refractivity contribution in [3.8, 4) is 0 Å². The van der Waals surface area contributed by atoms with Crippen LogP contribution < -0.4 is 5.73 Å². The van der Waals surface area contributed by atoms with E-state index in [2.05, 4.69) is 20.9 Å². The molecule has 0 radical (unpaired) electrons. The van der Waals surface area contributed by atoms with Gasteiger partial charge in [0.15, 0.2) is 0 Å². The molecule has 20 heavy (non-hydrogen) atoms. The first kappa shape index (κ1) is 15.0. The van der Waals surface area contributed by atoms with Gasteiger partial charge in [-0.25, -0.2) is 0 Å². The van der Waals surface area contributed by atoms with E-state index < -0.39 is 17.8 Å². The second kappa shape index (κ2) is 5.93. The molecule has 0 saturated heterocycles. The fourth-order valence-electron chi connectivity index (χ4n) is 1.88. The first-order valence-electron chi connectivity index (χ1n) is 5.89. The molecule has 0 saturated carbocycles. The van der Waals surface area contributed by atoms with Gasteiger partial charge in [-0.3, -0.25) is 4.98 Å². The fourth-order valence-corrected chi connectivity index (χ4v) is 2.35. The molecule has 1 heterocycles. The Bertz CT molecular complexity index is 585.